The van der Waals surface area contributed by atoms with Crippen LogP contribution in [0.1, 0.15) is 30.0 Å². The van der Waals surface area contributed by atoms with E-state index >= 15 is 0 Å². The molecule has 4 nitrogen and oxygen atoms in total. The van der Waals surface area contributed by atoms with Gasteiger partial charge in [0.25, 0.3) is 0 Å². The lowest BCUT2D eigenvalue weighted by Gasteiger charge is -2.10. The van der Waals surface area contributed by atoms with Crippen LogP contribution in [-0.2, 0) is 11.2 Å². The molecule has 1 aromatic heterocycles. The van der Waals surface area contributed by atoms with Crippen molar-refractivity contribution in [2.45, 2.75) is 33.6 Å². The summed E-state index contributed by atoms with van der Waals surface area (Å²) in [5.74, 6) is -0.110. The first kappa shape index (κ1) is 20.0. The van der Waals surface area contributed by atoms with Crippen molar-refractivity contribution in [2.24, 2.45) is 0 Å². The number of hydrogen-bond donors (Lipinski definition) is 1. The standard InChI is InChI=1S/C23H24ClNO3/c1-15-11-19(12-16(2)23(15)24)28-10-6-7-18-14-25(17(3)13-22(26)27)21-9-5-4-8-20(18)21/h4-5,8-9,11-14H,6-7,10H2,1-3H3,(H,26,27)/b17-13-. The highest BCUT2D eigenvalue weighted by atomic mass is 35.5. The van der Waals surface area contributed by atoms with Gasteiger partial charge in [0, 0.05) is 28.4 Å². The van der Waals surface area contributed by atoms with Crippen LogP contribution in [0.3, 0.4) is 0 Å². The number of rotatable bonds is 7. The maximum atomic E-state index is 11.0. The summed E-state index contributed by atoms with van der Waals surface area (Å²) >= 11 is 6.21. The smallest absolute Gasteiger partial charge is 0.330 e. The minimum Gasteiger partial charge on any atom is -0.494 e. The molecule has 146 valence electrons. The van der Waals surface area contributed by atoms with Crippen LogP contribution in [0.15, 0.2) is 48.7 Å². The van der Waals surface area contributed by atoms with Gasteiger partial charge in [0.15, 0.2) is 0 Å². The molecular formula is C23H24ClNO3. The first-order valence-corrected chi connectivity index (χ1v) is 9.64. The molecule has 0 radical (unpaired) electrons. The highest BCUT2D eigenvalue weighted by Gasteiger charge is 2.10. The molecule has 0 amide bonds. The van der Waals surface area contributed by atoms with Crippen LogP contribution in [0.25, 0.3) is 16.6 Å². The second kappa shape index (κ2) is 8.53. The maximum absolute atomic E-state index is 11.0. The Labute approximate surface area is 170 Å². The molecule has 28 heavy (non-hydrogen) atoms. The Morgan fingerprint density at radius 3 is 2.57 bits per heavy atom. The van der Waals surface area contributed by atoms with E-state index in [0.717, 1.165) is 45.6 Å². The van der Waals surface area contributed by atoms with Crippen molar-refractivity contribution in [3.8, 4) is 5.75 Å². The van der Waals surface area contributed by atoms with Crippen molar-refractivity contribution in [3.63, 3.8) is 0 Å². The van der Waals surface area contributed by atoms with E-state index < -0.39 is 5.97 Å². The average Bonchev–Trinajstić information content (AvgIpc) is 3.02. The van der Waals surface area contributed by atoms with E-state index in [1.807, 2.05) is 54.9 Å². The average molecular weight is 398 g/mol. The number of aryl methyl sites for hydroxylation is 3. The SMILES string of the molecule is C/C(=C/C(=O)O)n1cc(CCCOc2cc(C)c(Cl)c(C)c2)c2ccccc21. The van der Waals surface area contributed by atoms with E-state index in [1.54, 1.807) is 6.92 Å². The molecule has 5 heteroatoms. The van der Waals surface area contributed by atoms with Crippen LogP contribution in [0.4, 0.5) is 0 Å². The predicted octanol–water partition coefficient (Wildman–Crippen LogP) is 5.87. The van der Waals surface area contributed by atoms with Crippen LogP contribution in [-0.4, -0.2) is 22.2 Å². The summed E-state index contributed by atoms with van der Waals surface area (Å²) in [7, 11) is 0. The molecular weight excluding hydrogens is 374 g/mol. The number of ether oxygens (including phenoxy) is 1. The van der Waals surface area contributed by atoms with Crippen molar-refractivity contribution in [1.29, 1.82) is 0 Å². The number of carbonyl (C=O) groups is 1. The fraction of sp³-hybridized carbons (Fsp3) is 0.261. The Hall–Kier alpha value is -2.72. The number of halogens is 1. The quantitative estimate of drug-likeness (QED) is 0.400. The van der Waals surface area contributed by atoms with Crippen LogP contribution in [0.2, 0.25) is 5.02 Å². The zero-order valence-corrected chi connectivity index (χ0v) is 17.1. The van der Waals surface area contributed by atoms with E-state index in [0.29, 0.717) is 12.3 Å². The van der Waals surface area contributed by atoms with Crippen LogP contribution >= 0.6 is 11.6 Å². The Morgan fingerprint density at radius 1 is 1.21 bits per heavy atom. The number of para-hydroxylation sites is 1. The van der Waals surface area contributed by atoms with Gasteiger partial charge in [-0.1, -0.05) is 29.8 Å². The Bertz CT molecular complexity index is 1030. The number of aliphatic carboxylic acids is 1. The Balaban J connectivity index is 1.72. The zero-order chi connectivity index (χ0) is 20.3. The van der Waals surface area contributed by atoms with Crippen molar-refractivity contribution in [2.75, 3.05) is 6.61 Å². The van der Waals surface area contributed by atoms with Gasteiger partial charge in [-0.15, -0.1) is 0 Å². The topological polar surface area (TPSA) is 51.5 Å². The third-order valence-electron chi connectivity index (χ3n) is 4.78. The van der Waals surface area contributed by atoms with E-state index in [1.165, 1.54) is 11.6 Å². The number of fused-ring (bicyclic) bond motifs is 1. The molecule has 0 unspecified atom stereocenters. The van der Waals surface area contributed by atoms with Crippen LogP contribution in [0.5, 0.6) is 5.75 Å². The lowest BCUT2D eigenvalue weighted by molar-refractivity contribution is -0.131. The minimum atomic E-state index is -0.946. The molecule has 0 saturated heterocycles. The number of carboxylic acids is 1. The first-order chi connectivity index (χ1) is 13.4. The number of nitrogens with zero attached hydrogens (tertiary/aromatic N) is 1. The molecule has 0 spiro atoms. The van der Waals surface area contributed by atoms with Crippen molar-refractivity contribution < 1.29 is 14.6 Å². The summed E-state index contributed by atoms with van der Waals surface area (Å²) in [6.07, 6.45) is 4.95. The van der Waals surface area contributed by atoms with Crippen molar-refractivity contribution >= 4 is 34.2 Å². The molecule has 0 aliphatic heterocycles. The molecule has 0 atom stereocenters. The number of allylic oxidation sites excluding steroid dienone is 1. The Morgan fingerprint density at radius 2 is 1.89 bits per heavy atom. The van der Waals surface area contributed by atoms with Gasteiger partial charge in [0.2, 0.25) is 0 Å². The molecule has 1 heterocycles. The molecule has 0 saturated carbocycles. The van der Waals surface area contributed by atoms with Gasteiger partial charge in [-0.3, -0.25) is 0 Å². The highest BCUT2D eigenvalue weighted by Crippen LogP contribution is 2.27. The lowest BCUT2D eigenvalue weighted by Crippen LogP contribution is -2.00. The fourth-order valence-corrected chi connectivity index (χ4v) is 3.54. The molecule has 0 aliphatic carbocycles. The summed E-state index contributed by atoms with van der Waals surface area (Å²) in [6, 6.07) is 12.0. The molecule has 0 aliphatic rings. The normalized spacial score (nSPS) is 11.8. The van der Waals surface area contributed by atoms with E-state index in [2.05, 4.69) is 6.07 Å². The lowest BCUT2D eigenvalue weighted by atomic mass is 10.1. The number of carboxylic acid groups (broad SMARTS) is 1. The number of aromatic nitrogens is 1. The van der Waals surface area contributed by atoms with Gasteiger partial charge in [-0.2, -0.15) is 0 Å². The second-order valence-electron chi connectivity index (χ2n) is 6.99. The predicted molar refractivity (Wildman–Crippen MR) is 114 cm³/mol. The number of hydrogen-bond acceptors (Lipinski definition) is 2. The van der Waals surface area contributed by atoms with Gasteiger partial charge < -0.3 is 14.4 Å². The van der Waals surface area contributed by atoms with Gasteiger partial charge in [0.05, 0.1) is 12.1 Å². The summed E-state index contributed by atoms with van der Waals surface area (Å²) < 4.78 is 7.84. The van der Waals surface area contributed by atoms with Crippen LogP contribution < -0.4 is 4.74 Å². The molecule has 0 fully saturated rings. The third-order valence-corrected chi connectivity index (χ3v) is 5.37. The summed E-state index contributed by atoms with van der Waals surface area (Å²) in [5.41, 5.74) is 4.90. The van der Waals surface area contributed by atoms with Gasteiger partial charge >= 0.3 is 5.97 Å². The maximum Gasteiger partial charge on any atom is 0.330 e. The van der Waals surface area contributed by atoms with Crippen LogP contribution in [0, 0.1) is 13.8 Å². The summed E-state index contributed by atoms with van der Waals surface area (Å²) in [4.78, 5) is 11.0. The second-order valence-corrected chi connectivity index (χ2v) is 7.37. The fourth-order valence-electron chi connectivity index (χ4n) is 3.43. The van der Waals surface area contributed by atoms with Gasteiger partial charge in [-0.05, 0) is 68.5 Å². The van der Waals surface area contributed by atoms with E-state index in [9.17, 15) is 4.79 Å². The van der Waals surface area contributed by atoms with Crippen molar-refractivity contribution in [1.82, 2.24) is 4.57 Å². The van der Waals surface area contributed by atoms with Crippen molar-refractivity contribution in [3.05, 3.63) is 70.4 Å². The molecule has 1 N–H and O–H groups in total. The number of benzene rings is 2. The molecule has 2 aromatic carbocycles. The van der Waals surface area contributed by atoms with Gasteiger partial charge in [0.1, 0.15) is 5.75 Å². The third kappa shape index (κ3) is 4.39. The highest BCUT2D eigenvalue weighted by molar-refractivity contribution is 6.32. The Kier molecular flexibility index (Phi) is 6.10. The van der Waals surface area contributed by atoms with E-state index in [-0.39, 0.29) is 0 Å². The molecule has 3 rings (SSSR count). The first-order valence-electron chi connectivity index (χ1n) is 9.27. The zero-order valence-electron chi connectivity index (χ0n) is 16.3. The summed E-state index contributed by atoms with van der Waals surface area (Å²) in [6.45, 7) is 6.36. The minimum absolute atomic E-state index is 0.601. The van der Waals surface area contributed by atoms with E-state index in [4.69, 9.17) is 21.4 Å². The summed E-state index contributed by atoms with van der Waals surface area (Å²) in [5, 5.41) is 11.0. The van der Waals surface area contributed by atoms with Gasteiger partial charge in [-0.25, -0.2) is 4.79 Å². The molecule has 3 aromatic rings. The monoisotopic (exact) mass is 397 g/mol. The molecule has 0 bridgehead atoms. The largest absolute Gasteiger partial charge is 0.494 e.